The van der Waals surface area contributed by atoms with E-state index in [1.165, 1.54) is 43.2 Å². The van der Waals surface area contributed by atoms with Crippen LogP contribution < -0.4 is 10.6 Å². The van der Waals surface area contributed by atoms with Gasteiger partial charge in [-0.05, 0) is 75.8 Å². The number of hydrogen-bond acceptors (Lipinski definition) is 11. The van der Waals surface area contributed by atoms with Crippen LogP contribution in [0.4, 0.5) is 16.2 Å². The third-order valence-electron chi connectivity index (χ3n) is 8.82. The second kappa shape index (κ2) is 9.63. The van der Waals surface area contributed by atoms with Gasteiger partial charge >= 0.3 is 0 Å². The molecule has 3 aromatic heterocycles. The maximum absolute atomic E-state index is 13.8. The van der Waals surface area contributed by atoms with E-state index in [9.17, 15) is 23.0 Å². The fourth-order valence-corrected chi connectivity index (χ4v) is 9.73. The summed E-state index contributed by atoms with van der Waals surface area (Å²) in [5.41, 5.74) is 1.35. The lowest BCUT2D eigenvalue weighted by molar-refractivity contribution is 0.00553. The highest BCUT2D eigenvalue weighted by Crippen LogP contribution is 2.61. The molecule has 3 aliphatic rings. The van der Waals surface area contributed by atoms with Crippen LogP contribution in [0, 0.1) is 38.4 Å². The van der Waals surface area contributed by atoms with Crippen LogP contribution in [-0.4, -0.2) is 68.1 Å². The Morgan fingerprint density at radius 3 is 2.57 bits per heavy atom. The van der Waals surface area contributed by atoms with E-state index in [1.54, 1.807) is 6.20 Å². The van der Waals surface area contributed by atoms with Crippen LogP contribution in [0.25, 0.3) is 20.8 Å². The number of nitrogens with zero attached hydrogens (tertiary/aromatic N) is 4. The molecule has 4 aromatic rings. The second-order valence-electron chi connectivity index (χ2n) is 11.7. The Hall–Kier alpha value is -3.26. The molecular formula is C29H31FN6O4S2. The van der Waals surface area contributed by atoms with Gasteiger partial charge in [0.15, 0.2) is 9.84 Å². The largest absolute Gasteiger partial charge is 0.388 e. The Bertz CT molecular complexity index is 1850. The zero-order valence-electron chi connectivity index (χ0n) is 23.3. The van der Waals surface area contributed by atoms with Crippen molar-refractivity contribution in [2.75, 3.05) is 17.2 Å². The van der Waals surface area contributed by atoms with Gasteiger partial charge in [-0.25, -0.2) is 22.8 Å². The highest BCUT2D eigenvalue weighted by molar-refractivity contribution is 7.92. The van der Waals surface area contributed by atoms with Gasteiger partial charge in [0.2, 0.25) is 5.95 Å². The number of pyridine rings is 1. The molecule has 4 N–H and O–H groups in total. The van der Waals surface area contributed by atoms with Crippen molar-refractivity contribution in [1.29, 1.82) is 0 Å². The second-order valence-corrected chi connectivity index (χ2v) is 14.8. The van der Waals surface area contributed by atoms with Gasteiger partial charge in [0.25, 0.3) is 0 Å². The monoisotopic (exact) mass is 610 g/mol. The summed E-state index contributed by atoms with van der Waals surface area (Å²) in [6.45, 7) is 6.04. The number of aryl methyl sites for hydroxylation is 3. The number of halogens is 1. The number of thiazole rings is 1. The lowest BCUT2D eigenvalue weighted by Crippen LogP contribution is -2.43. The smallest absolute Gasteiger partial charge is 0.224 e. The van der Waals surface area contributed by atoms with Crippen molar-refractivity contribution in [3.8, 4) is 10.6 Å². The molecule has 3 saturated carbocycles. The van der Waals surface area contributed by atoms with Gasteiger partial charge in [-0.15, -0.1) is 11.3 Å². The molecule has 0 spiro atoms. The van der Waals surface area contributed by atoms with Crippen LogP contribution in [0.3, 0.4) is 0 Å². The quantitative estimate of drug-likeness (QED) is 0.217. The molecule has 42 heavy (non-hydrogen) atoms. The van der Waals surface area contributed by atoms with Crippen molar-refractivity contribution in [2.24, 2.45) is 11.8 Å². The fraction of sp³-hybridized carbons (Fsp3) is 0.448. The maximum atomic E-state index is 13.8. The molecule has 0 saturated heterocycles. The standard InChI is InChI=1S/C29H31FN6O4S2/c1-13-10-17(6-7-19(13)30)42(39,40)25-18-11-20(24(37)29(18,25)38)34-26-22(14(2)33-28(36-26)32-12-16-4-5-16)27-35-23-15(3)31-9-8-21(23)41-27/h6-10,16,18,20,24-25,37-38H,4-5,11-12H2,1-3H3,(H2,32,33,34,36)/t18-,20-,24+,25?,29-/m1/s1. The van der Waals surface area contributed by atoms with E-state index < -0.39 is 44.6 Å². The maximum Gasteiger partial charge on any atom is 0.224 e. The molecule has 0 amide bonds. The van der Waals surface area contributed by atoms with E-state index in [-0.39, 0.29) is 16.9 Å². The van der Waals surface area contributed by atoms with Crippen LogP contribution in [0.15, 0.2) is 35.4 Å². The van der Waals surface area contributed by atoms with Crippen molar-refractivity contribution < 1.29 is 23.0 Å². The highest BCUT2D eigenvalue weighted by atomic mass is 32.2. The Labute approximate surface area is 246 Å². The summed E-state index contributed by atoms with van der Waals surface area (Å²) >= 11 is 1.49. The van der Waals surface area contributed by atoms with E-state index in [4.69, 9.17) is 15.0 Å². The Morgan fingerprint density at radius 2 is 1.90 bits per heavy atom. The zero-order valence-corrected chi connectivity index (χ0v) is 24.9. The summed E-state index contributed by atoms with van der Waals surface area (Å²) in [4.78, 5) is 18.6. The molecule has 3 fully saturated rings. The molecule has 1 unspecified atom stereocenters. The number of rotatable bonds is 8. The molecule has 220 valence electrons. The molecule has 1 aromatic carbocycles. The van der Waals surface area contributed by atoms with Crippen molar-refractivity contribution in [1.82, 2.24) is 19.9 Å². The summed E-state index contributed by atoms with van der Waals surface area (Å²) in [5.74, 6) is 0.317. The molecule has 3 aliphatic carbocycles. The van der Waals surface area contributed by atoms with Crippen LogP contribution in [0.1, 0.15) is 36.2 Å². The first-order valence-electron chi connectivity index (χ1n) is 14.0. The van der Waals surface area contributed by atoms with Gasteiger partial charge in [0.05, 0.1) is 32.6 Å². The van der Waals surface area contributed by atoms with E-state index in [1.807, 2.05) is 19.9 Å². The van der Waals surface area contributed by atoms with Crippen LogP contribution >= 0.6 is 11.3 Å². The lowest BCUT2D eigenvalue weighted by Gasteiger charge is -2.26. The zero-order chi connectivity index (χ0) is 29.6. The number of benzene rings is 1. The number of anilines is 2. The summed E-state index contributed by atoms with van der Waals surface area (Å²) in [5, 5.41) is 28.9. The number of sulfone groups is 1. The third kappa shape index (κ3) is 4.36. The minimum Gasteiger partial charge on any atom is -0.388 e. The van der Waals surface area contributed by atoms with Crippen molar-refractivity contribution in [2.45, 2.75) is 67.9 Å². The predicted molar refractivity (Wildman–Crippen MR) is 158 cm³/mol. The van der Waals surface area contributed by atoms with Crippen LogP contribution in [-0.2, 0) is 9.84 Å². The van der Waals surface area contributed by atoms with Crippen molar-refractivity contribution in [3.05, 3.63) is 53.2 Å². The van der Waals surface area contributed by atoms with E-state index in [2.05, 4.69) is 15.6 Å². The van der Waals surface area contributed by atoms with Gasteiger partial charge < -0.3 is 20.8 Å². The van der Waals surface area contributed by atoms with Gasteiger partial charge in [0, 0.05) is 18.7 Å². The molecule has 0 bridgehead atoms. The predicted octanol–water partition coefficient (Wildman–Crippen LogP) is 3.78. The number of aromatic nitrogens is 4. The summed E-state index contributed by atoms with van der Waals surface area (Å²) in [7, 11) is -4.00. The number of aliphatic hydroxyl groups excluding tert-OH is 1. The SMILES string of the molecule is Cc1cc(S(=O)(=O)C2[C@H]3C[C@@H](Nc4nc(NCC5CC5)nc(C)c4-c4nc5c(C)nccc5s4)[C@H](O)[C@@]23O)ccc1F. The van der Waals surface area contributed by atoms with Gasteiger partial charge in [-0.1, -0.05) is 0 Å². The van der Waals surface area contributed by atoms with Gasteiger partial charge in [0.1, 0.15) is 39.1 Å². The molecule has 5 atom stereocenters. The van der Waals surface area contributed by atoms with Crippen molar-refractivity contribution in [3.63, 3.8) is 0 Å². The summed E-state index contributed by atoms with van der Waals surface area (Å²) in [6.07, 6.45) is 2.91. The average Bonchev–Trinajstić information content (AvgIpc) is 3.80. The topological polar surface area (TPSA) is 150 Å². The minimum absolute atomic E-state index is 0.0633. The number of fused-ring (bicyclic) bond motifs is 2. The summed E-state index contributed by atoms with van der Waals surface area (Å²) < 4.78 is 41.6. The Morgan fingerprint density at radius 1 is 1.12 bits per heavy atom. The first-order valence-corrected chi connectivity index (χ1v) is 16.4. The lowest BCUT2D eigenvalue weighted by atomic mass is 10.1. The number of nitrogens with one attached hydrogen (secondary N) is 2. The molecule has 0 radical (unpaired) electrons. The normalized spacial score (nSPS) is 26.8. The summed E-state index contributed by atoms with van der Waals surface area (Å²) in [6, 6.07) is 4.83. The van der Waals surface area contributed by atoms with E-state index in [0.29, 0.717) is 33.9 Å². The Balaban J connectivity index is 1.20. The average molecular weight is 611 g/mol. The van der Waals surface area contributed by atoms with Crippen molar-refractivity contribution >= 4 is 43.2 Å². The molecule has 0 aliphatic heterocycles. The first kappa shape index (κ1) is 27.6. The third-order valence-corrected chi connectivity index (χ3v) is 12.1. The minimum atomic E-state index is -4.00. The highest BCUT2D eigenvalue weighted by Gasteiger charge is 2.78. The van der Waals surface area contributed by atoms with Crippen LogP contribution in [0.2, 0.25) is 0 Å². The Kier molecular flexibility index (Phi) is 6.32. The number of aliphatic hydroxyl groups is 2. The number of hydrogen-bond donors (Lipinski definition) is 4. The van der Waals surface area contributed by atoms with Gasteiger partial charge in [-0.2, -0.15) is 4.98 Å². The van der Waals surface area contributed by atoms with E-state index >= 15 is 0 Å². The van der Waals surface area contributed by atoms with E-state index in [0.717, 1.165) is 28.5 Å². The molecule has 3 heterocycles. The van der Waals surface area contributed by atoms with Crippen LogP contribution in [0.5, 0.6) is 0 Å². The fourth-order valence-electron chi connectivity index (χ4n) is 6.23. The molecule has 13 heteroatoms. The molecule has 10 nitrogen and oxygen atoms in total. The molecule has 7 rings (SSSR count). The first-order chi connectivity index (χ1) is 20.0. The molecular weight excluding hydrogens is 579 g/mol. The van der Waals surface area contributed by atoms with Gasteiger partial charge in [-0.3, -0.25) is 4.98 Å².